The average molecular weight is 379 g/mol. The number of rotatable bonds is 3. The molecule has 0 spiro atoms. The van der Waals surface area contributed by atoms with E-state index >= 15 is 0 Å². The second-order valence-corrected chi connectivity index (χ2v) is 7.67. The van der Waals surface area contributed by atoms with E-state index in [2.05, 4.69) is 6.07 Å². The van der Waals surface area contributed by atoms with E-state index in [9.17, 15) is 9.59 Å². The van der Waals surface area contributed by atoms with E-state index in [1.165, 1.54) is 0 Å². The quantitative estimate of drug-likeness (QED) is 0.761. The van der Waals surface area contributed by atoms with Crippen molar-refractivity contribution in [2.45, 2.75) is 26.7 Å². The molecule has 0 radical (unpaired) electrons. The first-order valence-electron chi connectivity index (χ1n) is 9.83. The van der Waals surface area contributed by atoms with Gasteiger partial charge >= 0.3 is 0 Å². The third-order valence-electron chi connectivity index (χ3n) is 5.45. The van der Waals surface area contributed by atoms with Crippen LogP contribution in [0.5, 0.6) is 11.5 Å². The number of ether oxygens (including phenoxy) is 2. The number of amides is 1. The van der Waals surface area contributed by atoms with Crippen molar-refractivity contribution in [1.29, 1.82) is 0 Å². The Balaban J connectivity index is 1.41. The summed E-state index contributed by atoms with van der Waals surface area (Å²) in [5, 5.41) is 0. The van der Waals surface area contributed by atoms with Gasteiger partial charge in [-0.2, -0.15) is 0 Å². The maximum Gasteiger partial charge on any atom is 0.253 e. The van der Waals surface area contributed by atoms with E-state index in [0.29, 0.717) is 56.2 Å². The Hall–Kier alpha value is -2.82. The molecule has 1 saturated heterocycles. The number of hydrogen-bond acceptors (Lipinski definition) is 4. The minimum Gasteiger partial charge on any atom is -0.486 e. The van der Waals surface area contributed by atoms with Crippen molar-refractivity contribution in [3.05, 3.63) is 58.7 Å². The third kappa shape index (κ3) is 3.75. The lowest BCUT2D eigenvalue weighted by molar-refractivity contribution is 0.0650. The predicted molar refractivity (Wildman–Crippen MR) is 106 cm³/mol. The molecule has 0 aliphatic carbocycles. The van der Waals surface area contributed by atoms with Gasteiger partial charge in [0.1, 0.15) is 13.2 Å². The van der Waals surface area contributed by atoms with Gasteiger partial charge in [0, 0.05) is 30.1 Å². The number of benzene rings is 2. The van der Waals surface area contributed by atoms with Gasteiger partial charge in [0.2, 0.25) is 0 Å². The summed E-state index contributed by atoms with van der Waals surface area (Å²) >= 11 is 0. The molecule has 0 atom stereocenters. The van der Waals surface area contributed by atoms with Crippen molar-refractivity contribution < 1.29 is 19.1 Å². The fourth-order valence-electron chi connectivity index (χ4n) is 4.06. The second kappa shape index (κ2) is 7.66. The SMILES string of the molecule is Cc1cc(C)cc(C(=O)N2CCC(C(=O)c3ccc4c(c3)OCCO4)CC2)c1. The van der Waals surface area contributed by atoms with Crippen LogP contribution in [-0.4, -0.2) is 42.9 Å². The van der Waals surface area contributed by atoms with E-state index in [-0.39, 0.29) is 17.6 Å². The first-order valence-corrected chi connectivity index (χ1v) is 9.83. The van der Waals surface area contributed by atoms with Crippen molar-refractivity contribution in [2.75, 3.05) is 26.3 Å². The zero-order valence-electron chi connectivity index (χ0n) is 16.4. The molecule has 28 heavy (non-hydrogen) atoms. The zero-order valence-corrected chi connectivity index (χ0v) is 16.4. The van der Waals surface area contributed by atoms with Crippen molar-refractivity contribution in [1.82, 2.24) is 4.90 Å². The Morgan fingerprint density at radius 2 is 1.50 bits per heavy atom. The number of piperidine rings is 1. The molecule has 146 valence electrons. The van der Waals surface area contributed by atoms with Gasteiger partial charge in [-0.3, -0.25) is 9.59 Å². The Labute approximate surface area is 165 Å². The standard InChI is InChI=1S/C23H25NO4/c1-15-11-16(2)13-19(12-15)23(26)24-7-5-17(6-8-24)22(25)18-3-4-20-21(14-18)28-10-9-27-20/h3-4,11-14,17H,5-10H2,1-2H3. The van der Waals surface area contributed by atoms with Crippen LogP contribution in [-0.2, 0) is 0 Å². The summed E-state index contributed by atoms with van der Waals surface area (Å²) in [6, 6.07) is 11.3. The van der Waals surface area contributed by atoms with Gasteiger partial charge in [-0.15, -0.1) is 0 Å². The fourth-order valence-corrected chi connectivity index (χ4v) is 4.06. The molecule has 0 N–H and O–H groups in total. The Morgan fingerprint density at radius 1 is 0.857 bits per heavy atom. The van der Waals surface area contributed by atoms with Crippen LogP contribution in [0.2, 0.25) is 0 Å². The lowest BCUT2D eigenvalue weighted by Gasteiger charge is -2.31. The molecule has 2 aliphatic rings. The maximum atomic E-state index is 12.9. The van der Waals surface area contributed by atoms with Crippen molar-refractivity contribution in [3.8, 4) is 11.5 Å². The molecule has 0 aromatic heterocycles. The number of Topliss-reactive ketones (excluding diaryl/α,β-unsaturated/α-hetero) is 1. The van der Waals surface area contributed by atoms with Crippen LogP contribution in [0.1, 0.15) is 44.7 Å². The third-order valence-corrected chi connectivity index (χ3v) is 5.45. The van der Waals surface area contributed by atoms with Crippen molar-refractivity contribution >= 4 is 11.7 Å². The summed E-state index contributed by atoms with van der Waals surface area (Å²) in [4.78, 5) is 27.6. The van der Waals surface area contributed by atoms with Gasteiger partial charge < -0.3 is 14.4 Å². The molecular formula is C23H25NO4. The molecule has 0 unspecified atom stereocenters. The van der Waals surface area contributed by atoms with Gasteiger partial charge in [0.15, 0.2) is 17.3 Å². The molecule has 2 aromatic rings. The van der Waals surface area contributed by atoms with Crippen LogP contribution in [0.4, 0.5) is 0 Å². The van der Waals surface area contributed by atoms with Gasteiger partial charge in [0.05, 0.1) is 0 Å². The van der Waals surface area contributed by atoms with Gasteiger partial charge in [-0.1, -0.05) is 17.2 Å². The second-order valence-electron chi connectivity index (χ2n) is 7.67. The highest BCUT2D eigenvalue weighted by atomic mass is 16.6. The summed E-state index contributed by atoms with van der Waals surface area (Å²) in [5.74, 6) is 1.44. The van der Waals surface area contributed by atoms with E-state index in [1.807, 2.05) is 36.9 Å². The first kappa shape index (κ1) is 18.5. The normalized spacial score (nSPS) is 16.7. The van der Waals surface area contributed by atoms with E-state index < -0.39 is 0 Å². The van der Waals surface area contributed by atoms with Crippen LogP contribution < -0.4 is 9.47 Å². The van der Waals surface area contributed by atoms with Crippen LogP contribution in [0.15, 0.2) is 36.4 Å². The van der Waals surface area contributed by atoms with Crippen molar-refractivity contribution in [2.24, 2.45) is 5.92 Å². The zero-order chi connectivity index (χ0) is 19.7. The summed E-state index contributed by atoms with van der Waals surface area (Å²) < 4.78 is 11.1. The number of carbonyl (C=O) groups excluding carboxylic acids is 2. The molecule has 0 saturated carbocycles. The van der Waals surface area contributed by atoms with Gasteiger partial charge in [0.25, 0.3) is 5.91 Å². The van der Waals surface area contributed by atoms with Crippen LogP contribution in [0.25, 0.3) is 0 Å². The van der Waals surface area contributed by atoms with E-state index in [4.69, 9.17) is 9.47 Å². The Bertz CT molecular complexity index is 893. The molecule has 4 rings (SSSR count). The minimum atomic E-state index is -0.0640. The predicted octanol–water partition coefficient (Wildman–Crippen LogP) is 3.81. The largest absolute Gasteiger partial charge is 0.486 e. The molecular weight excluding hydrogens is 354 g/mol. The molecule has 2 aliphatic heterocycles. The highest BCUT2D eigenvalue weighted by Crippen LogP contribution is 2.32. The molecule has 2 aromatic carbocycles. The van der Waals surface area contributed by atoms with Gasteiger partial charge in [-0.25, -0.2) is 0 Å². The monoisotopic (exact) mass is 379 g/mol. The first-order chi connectivity index (χ1) is 13.5. The van der Waals surface area contributed by atoms with Crippen LogP contribution in [0, 0.1) is 19.8 Å². The average Bonchev–Trinajstić information content (AvgIpc) is 2.72. The molecule has 2 heterocycles. The molecule has 1 amide bonds. The summed E-state index contributed by atoms with van der Waals surface area (Å²) in [6.07, 6.45) is 1.37. The highest BCUT2D eigenvalue weighted by Gasteiger charge is 2.29. The number of carbonyl (C=O) groups is 2. The van der Waals surface area contributed by atoms with Crippen molar-refractivity contribution in [3.63, 3.8) is 0 Å². The number of likely N-dealkylation sites (tertiary alicyclic amines) is 1. The lowest BCUT2D eigenvalue weighted by atomic mass is 9.88. The number of aryl methyl sites for hydroxylation is 2. The Kier molecular flexibility index (Phi) is 5.07. The summed E-state index contributed by atoms with van der Waals surface area (Å²) in [7, 11) is 0. The smallest absolute Gasteiger partial charge is 0.253 e. The highest BCUT2D eigenvalue weighted by molar-refractivity contribution is 5.99. The van der Waals surface area contributed by atoms with Crippen LogP contribution in [0.3, 0.4) is 0 Å². The fraction of sp³-hybridized carbons (Fsp3) is 0.391. The number of fused-ring (bicyclic) bond motifs is 1. The summed E-state index contributed by atoms with van der Waals surface area (Å²) in [5.41, 5.74) is 3.57. The van der Waals surface area contributed by atoms with Crippen LogP contribution >= 0.6 is 0 Å². The van der Waals surface area contributed by atoms with Gasteiger partial charge in [-0.05, 0) is 57.0 Å². The number of nitrogens with zero attached hydrogens (tertiary/aromatic N) is 1. The van der Waals surface area contributed by atoms with E-state index in [1.54, 1.807) is 12.1 Å². The minimum absolute atomic E-state index is 0.0528. The number of ketones is 1. The summed E-state index contributed by atoms with van der Waals surface area (Å²) in [6.45, 7) is 6.25. The number of hydrogen-bond donors (Lipinski definition) is 0. The van der Waals surface area contributed by atoms with E-state index in [0.717, 1.165) is 16.7 Å². The molecule has 5 nitrogen and oxygen atoms in total. The molecule has 0 bridgehead atoms. The molecule has 5 heteroatoms. The topological polar surface area (TPSA) is 55.8 Å². The maximum absolute atomic E-state index is 12.9. The lowest BCUT2D eigenvalue weighted by Crippen LogP contribution is -2.40. The molecule has 1 fully saturated rings. The Morgan fingerprint density at radius 3 is 2.18 bits per heavy atom.